The standard InChI is InChI=1S/C29H42ClN3O2/c1-4-6-18-28(34)32(23(3)5-2)22-29(35)33(25-14-8-7-9-15-25)21-26-16-12-19-31(26)20-24-13-10-11-17-27(24)30/h10-13,16-17,19,23,25H,4-9,14-15,18,20-22H2,1-3H3. The molecule has 0 spiro atoms. The maximum Gasteiger partial charge on any atom is 0.242 e. The van der Waals surface area contributed by atoms with Gasteiger partial charge in [0.25, 0.3) is 0 Å². The van der Waals surface area contributed by atoms with Crippen molar-refractivity contribution in [2.45, 2.75) is 104 Å². The molecule has 35 heavy (non-hydrogen) atoms. The number of hydrogen-bond donors (Lipinski definition) is 0. The van der Waals surface area contributed by atoms with Crippen LogP contribution in [-0.4, -0.2) is 44.8 Å². The van der Waals surface area contributed by atoms with Gasteiger partial charge in [-0.2, -0.15) is 0 Å². The summed E-state index contributed by atoms with van der Waals surface area (Å²) in [6, 6.07) is 12.3. The van der Waals surface area contributed by atoms with Gasteiger partial charge in [-0.1, -0.05) is 69.3 Å². The molecule has 1 aliphatic rings. The minimum Gasteiger partial charge on any atom is -0.345 e. The van der Waals surface area contributed by atoms with Gasteiger partial charge in [0.05, 0.1) is 6.54 Å². The summed E-state index contributed by atoms with van der Waals surface area (Å²) in [5.74, 6) is 0.160. The second-order valence-corrected chi connectivity index (χ2v) is 10.3. The van der Waals surface area contributed by atoms with Crippen LogP contribution in [0.2, 0.25) is 5.02 Å². The average molecular weight is 500 g/mol. The summed E-state index contributed by atoms with van der Waals surface area (Å²) >= 11 is 6.42. The van der Waals surface area contributed by atoms with Crippen molar-refractivity contribution in [2.75, 3.05) is 6.54 Å². The maximum atomic E-state index is 13.8. The largest absolute Gasteiger partial charge is 0.345 e. The quantitative estimate of drug-likeness (QED) is 0.327. The van der Waals surface area contributed by atoms with Crippen molar-refractivity contribution >= 4 is 23.4 Å². The molecule has 0 radical (unpaired) electrons. The van der Waals surface area contributed by atoms with E-state index in [2.05, 4.69) is 42.5 Å². The van der Waals surface area contributed by atoms with Gasteiger partial charge in [0.15, 0.2) is 0 Å². The van der Waals surface area contributed by atoms with Crippen molar-refractivity contribution < 1.29 is 9.59 Å². The van der Waals surface area contributed by atoms with Crippen LogP contribution in [0, 0.1) is 0 Å². The first-order chi connectivity index (χ1) is 16.9. The summed E-state index contributed by atoms with van der Waals surface area (Å²) in [5.41, 5.74) is 2.16. The SMILES string of the molecule is CCCCC(=O)N(CC(=O)N(Cc1cccn1Cc1ccccc1Cl)C1CCCCC1)C(C)CC. The Morgan fingerprint density at radius 1 is 1.06 bits per heavy atom. The lowest BCUT2D eigenvalue weighted by Crippen LogP contribution is -2.49. The van der Waals surface area contributed by atoms with E-state index in [1.54, 1.807) is 0 Å². The number of carbonyl (C=O) groups is 2. The highest BCUT2D eigenvalue weighted by molar-refractivity contribution is 6.31. The van der Waals surface area contributed by atoms with Crippen LogP contribution in [0.1, 0.15) is 89.8 Å². The zero-order valence-corrected chi connectivity index (χ0v) is 22.5. The lowest BCUT2D eigenvalue weighted by molar-refractivity contribution is -0.144. The van der Waals surface area contributed by atoms with Gasteiger partial charge in [0.1, 0.15) is 6.54 Å². The minimum absolute atomic E-state index is 0.0561. The van der Waals surface area contributed by atoms with Crippen molar-refractivity contribution in [2.24, 2.45) is 0 Å². The molecule has 2 amide bonds. The first-order valence-electron chi connectivity index (χ1n) is 13.4. The number of amides is 2. The lowest BCUT2D eigenvalue weighted by Gasteiger charge is -2.37. The molecule has 1 aliphatic carbocycles. The van der Waals surface area contributed by atoms with Gasteiger partial charge in [-0.3, -0.25) is 9.59 Å². The van der Waals surface area contributed by atoms with Crippen LogP contribution in [0.5, 0.6) is 0 Å². The molecule has 1 heterocycles. The fraction of sp³-hybridized carbons (Fsp3) is 0.586. The highest BCUT2D eigenvalue weighted by Crippen LogP contribution is 2.26. The molecule has 1 saturated carbocycles. The monoisotopic (exact) mass is 499 g/mol. The molecule has 1 aromatic carbocycles. The first-order valence-corrected chi connectivity index (χ1v) is 13.8. The Bertz CT molecular complexity index is 951. The van der Waals surface area contributed by atoms with E-state index >= 15 is 0 Å². The van der Waals surface area contributed by atoms with Crippen LogP contribution in [-0.2, 0) is 22.7 Å². The van der Waals surface area contributed by atoms with E-state index in [0.29, 0.717) is 19.5 Å². The lowest BCUT2D eigenvalue weighted by atomic mass is 9.94. The molecule has 3 rings (SSSR count). The highest BCUT2D eigenvalue weighted by atomic mass is 35.5. The van der Waals surface area contributed by atoms with Crippen LogP contribution in [0.4, 0.5) is 0 Å². The second-order valence-electron chi connectivity index (χ2n) is 9.91. The van der Waals surface area contributed by atoms with Crippen molar-refractivity contribution in [3.8, 4) is 0 Å². The summed E-state index contributed by atoms with van der Waals surface area (Å²) in [5, 5.41) is 0.752. The number of carbonyl (C=O) groups excluding carboxylic acids is 2. The van der Waals surface area contributed by atoms with E-state index in [-0.39, 0.29) is 30.4 Å². The fourth-order valence-corrected chi connectivity index (χ4v) is 5.16. The molecule has 192 valence electrons. The molecule has 0 bridgehead atoms. The number of nitrogens with zero attached hydrogens (tertiary/aromatic N) is 3. The van der Waals surface area contributed by atoms with Crippen molar-refractivity contribution in [1.29, 1.82) is 0 Å². The smallest absolute Gasteiger partial charge is 0.242 e. The Labute approximate surface area is 216 Å². The van der Waals surface area contributed by atoms with E-state index in [1.807, 2.05) is 35.2 Å². The average Bonchev–Trinajstić information content (AvgIpc) is 3.32. The first kappa shape index (κ1) is 27.3. The Balaban J connectivity index is 1.80. The van der Waals surface area contributed by atoms with Crippen LogP contribution in [0.25, 0.3) is 0 Å². The Kier molecular flexibility index (Phi) is 10.7. The van der Waals surface area contributed by atoms with Crippen LogP contribution >= 0.6 is 11.6 Å². The Morgan fingerprint density at radius 2 is 1.80 bits per heavy atom. The fourth-order valence-electron chi connectivity index (χ4n) is 4.96. The Hall–Kier alpha value is -2.27. The van der Waals surface area contributed by atoms with Gasteiger partial charge >= 0.3 is 0 Å². The molecule has 6 heteroatoms. The number of unbranched alkanes of at least 4 members (excludes halogenated alkanes) is 1. The number of rotatable bonds is 12. The third kappa shape index (κ3) is 7.60. The number of hydrogen-bond acceptors (Lipinski definition) is 2. The van der Waals surface area contributed by atoms with E-state index in [9.17, 15) is 9.59 Å². The van der Waals surface area contributed by atoms with Gasteiger partial charge in [0, 0.05) is 42.0 Å². The summed E-state index contributed by atoms with van der Waals surface area (Å²) in [6.07, 6.45) is 10.9. The highest BCUT2D eigenvalue weighted by Gasteiger charge is 2.30. The minimum atomic E-state index is 0.0561. The van der Waals surface area contributed by atoms with Gasteiger partial charge in [-0.15, -0.1) is 0 Å². The van der Waals surface area contributed by atoms with Gasteiger partial charge in [-0.25, -0.2) is 0 Å². The van der Waals surface area contributed by atoms with E-state index in [4.69, 9.17) is 11.6 Å². The predicted molar refractivity (Wildman–Crippen MR) is 143 cm³/mol. The van der Waals surface area contributed by atoms with Crippen LogP contribution < -0.4 is 0 Å². The summed E-state index contributed by atoms with van der Waals surface area (Å²) in [6.45, 7) is 7.61. The van der Waals surface area contributed by atoms with Crippen LogP contribution in [0.3, 0.4) is 0 Å². The van der Waals surface area contributed by atoms with Crippen molar-refractivity contribution in [3.63, 3.8) is 0 Å². The van der Waals surface area contributed by atoms with Gasteiger partial charge < -0.3 is 14.4 Å². The third-order valence-corrected chi connectivity index (χ3v) is 7.75. The molecule has 1 fully saturated rings. The molecular formula is C29H42ClN3O2. The zero-order valence-electron chi connectivity index (χ0n) is 21.7. The molecule has 0 aliphatic heterocycles. The zero-order chi connectivity index (χ0) is 25.2. The van der Waals surface area contributed by atoms with Gasteiger partial charge in [-0.05, 0) is 56.4 Å². The number of halogens is 1. The summed E-state index contributed by atoms with van der Waals surface area (Å²) in [7, 11) is 0. The molecule has 1 atom stereocenters. The predicted octanol–water partition coefficient (Wildman–Crippen LogP) is 6.67. The Morgan fingerprint density at radius 3 is 2.49 bits per heavy atom. The molecule has 1 unspecified atom stereocenters. The van der Waals surface area contributed by atoms with Crippen molar-refractivity contribution in [1.82, 2.24) is 14.4 Å². The molecule has 5 nitrogen and oxygen atoms in total. The number of benzene rings is 1. The van der Waals surface area contributed by atoms with E-state index in [1.165, 1.54) is 6.42 Å². The summed E-state index contributed by atoms with van der Waals surface area (Å²) in [4.78, 5) is 30.7. The maximum absolute atomic E-state index is 13.8. The number of aromatic nitrogens is 1. The molecular weight excluding hydrogens is 458 g/mol. The van der Waals surface area contributed by atoms with Crippen LogP contribution in [0.15, 0.2) is 42.6 Å². The van der Waals surface area contributed by atoms with E-state index < -0.39 is 0 Å². The van der Waals surface area contributed by atoms with Crippen molar-refractivity contribution in [3.05, 3.63) is 58.9 Å². The normalized spacial score (nSPS) is 15.1. The van der Waals surface area contributed by atoms with E-state index in [0.717, 1.165) is 61.2 Å². The van der Waals surface area contributed by atoms with Gasteiger partial charge in [0.2, 0.25) is 11.8 Å². The third-order valence-electron chi connectivity index (χ3n) is 7.38. The molecule has 0 saturated heterocycles. The molecule has 1 aromatic heterocycles. The topological polar surface area (TPSA) is 45.6 Å². The molecule has 2 aromatic rings. The molecule has 0 N–H and O–H groups in total. The second kappa shape index (κ2) is 13.7. The summed E-state index contributed by atoms with van der Waals surface area (Å²) < 4.78 is 2.18.